The van der Waals surface area contributed by atoms with Crippen LogP contribution in [0.15, 0.2) is 121 Å². The van der Waals surface area contributed by atoms with Crippen molar-refractivity contribution in [1.82, 2.24) is 0 Å². The number of hydrogen-bond acceptors (Lipinski definition) is 4. The van der Waals surface area contributed by atoms with Crippen LogP contribution in [0.1, 0.15) is 34.1 Å². The molecule has 0 bridgehead atoms. The molecule has 0 N–H and O–H groups in total. The molecule has 4 aromatic carbocycles. The number of carbonyl (C=O) groups is 2. The van der Waals surface area contributed by atoms with E-state index in [4.69, 9.17) is 19.8 Å². The van der Waals surface area contributed by atoms with Gasteiger partial charge in [0.15, 0.2) is 0 Å². The molecule has 0 unspecified atom stereocenters. The molecule has 0 fully saturated rings. The van der Waals surface area contributed by atoms with Crippen molar-refractivity contribution in [2.24, 2.45) is 0 Å². The fourth-order valence-electron chi connectivity index (χ4n) is 2.71. The number of aliphatic carboxylic acids is 2. The van der Waals surface area contributed by atoms with Crippen molar-refractivity contribution in [3.05, 3.63) is 121 Å². The zero-order valence-electron chi connectivity index (χ0n) is 22.1. The Labute approximate surface area is 236 Å². The summed E-state index contributed by atoms with van der Waals surface area (Å²) in [4.78, 5) is 17.8. The third-order valence-corrected chi connectivity index (χ3v) is 18.3. The molecule has 0 heterocycles. The fraction of sp³-hybridized carbons (Fsp3) is 0.161. The predicted octanol–water partition coefficient (Wildman–Crippen LogP) is 4.09. The van der Waals surface area contributed by atoms with E-state index in [-0.39, 0.29) is 12.2 Å². The summed E-state index contributed by atoms with van der Waals surface area (Å²) >= 11 is 0.598. The minimum absolute atomic E-state index is 0.359. The van der Waals surface area contributed by atoms with E-state index >= 15 is 0 Å². The molecular weight excluding hydrogens is 605 g/mol. The summed E-state index contributed by atoms with van der Waals surface area (Å²) in [6, 6.07) is 44.3. The first kappa shape index (κ1) is 33.4. The summed E-state index contributed by atoms with van der Waals surface area (Å²) in [6.45, 7) is 6.19. The molecule has 0 aliphatic rings. The minimum atomic E-state index is -1.08. The molecule has 38 heavy (non-hydrogen) atoms. The monoisotopic (exact) mass is 638 g/mol. The molecule has 4 rings (SSSR count). The van der Waals surface area contributed by atoms with E-state index in [1.54, 1.807) is 0 Å². The van der Waals surface area contributed by atoms with Crippen LogP contribution in [0, 0.1) is 0 Å². The van der Waals surface area contributed by atoms with Crippen molar-refractivity contribution in [2.45, 2.75) is 34.1 Å². The number of carboxylic acids is 2. The average molecular weight is 639 g/mol. The van der Waals surface area contributed by atoms with E-state index < -0.39 is 11.9 Å². The van der Waals surface area contributed by atoms with Gasteiger partial charge in [0.1, 0.15) is 0 Å². The molecule has 0 aliphatic carbocycles. The molecule has 0 aliphatic heterocycles. The summed E-state index contributed by atoms with van der Waals surface area (Å²) < 4.78 is 0. The van der Waals surface area contributed by atoms with Crippen molar-refractivity contribution in [1.29, 1.82) is 0 Å². The van der Waals surface area contributed by atoms with E-state index in [9.17, 15) is 0 Å². The van der Waals surface area contributed by atoms with Crippen molar-refractivity contribution in [3.8, 4) is 0 Å². The standard InChI is InChI=1S/2C12H10P.C3H8.2C2H4O2.Pd/c2*1-3-7-11(8-4-1)13-12-9-5-2-6-10-12;1-3-2;2*1-2(3)4;/h2*1-10H;3H2,1-2H3;2*1H3,(H,3,4);/q2*-1;;;;+4/p-2. The van der Waals surface area contributed by atoms with Gasteiger partial charge in [0, 0.05) is 11.9 Å². The molecule has 0 aromatic heterocycles. The van der Waals surface area contributed by atoms with Gasteiger partial charge < -0.3 is 19.8 Å². The molecule has 4 aromatic rings. The number of carbonyl (C=O) groups excluding carboxylic acids is 2. The van der Waals surface area contributed by atoms with Gasteiger partial charge >= 0.3 is 172 Å². The summed E-state index contributed by atoms with van der Waals surface area (Å²) in [6.07, 6.45) is 0.533. The Morgan fingerprint density at radius 2 is 0.684 bits per heavy atom. The Morgan fingerprint density at radius 3 is 0.842 bits per heavy atom. The van der Waals surface area contributed by atoms with Gasteiger partial charge in [-0.2, -0.15) is 0 Å². The molecule has 7 heteroatoms. The molecule has 202 valence electrons. The number of benzene rings is 4. The summed E-state index contributed by atoms with van der Waals surface area (Å²) in [5.41, 5.74) is 0. The van der Waals surface area contributed by atoms with Crippen molar-refractivity contribution in [3.63, 3.8) is 0 Å². The Hall–Kier alpha value is -2.66. The van der Waals surface area contributed by atoms with E-state index in [1.165, 1.54) is 27.6 Å². The van der Waals surface area contributed by atoms with Gasteiger partial charge in [0.05, 0.1) is 0 Å². The van der Waals surface area contributed by atoms with Gasteiger partial charge in [-0.25, -0.2) is 0 Å². The van der Waals surface area contributed by atoms with Crippen LogP contribution in [-0.2, 0) is 26.6 Å². The van der Waals surface area contributed by atoms with Crippen LogP contribution in [-0.4, -0.2) is 11.9 Å². The first-order valence-corrected chi connectivity index (χ1v) is 18.6. The van der Waals surface area contributed by atoms with Gasteiger partial charge in [-0.1, -0.05) is 20.3 Å². The van der Waals surface area contributed by atoms with Crippen molar-refractivity contribution >= 4 is 45.4 Å². The summed E-state index contributed by atoms with van der Waals surface area (Å²) in [7, 11) is 0. The molecule has 4 nitrogen and oxygen atoms in total. The zero-order chi connectivity index (χ0) is 28.2. The van der Waals surface area contributed by atoms with Gasteiger partial charge in [0.2, 0.25) is 0 Å². The van der Waals surface area contributed by atoms with Crippen LogP contribution in [0.4, 0.5) is 0 Å². The molecule has 0 atom stereocenters. The van der Waals surface area contributed by atoms with Crippen molar-refractivity contribution < 1.29 is 36.8 Å². The Kier molecular flexibility index (Phi) is 17.8. The Morgan fingerprint density at radius 1 is 0.526 bits per heavy atom. The van der Waals surface area contributed by atoms with Gasteiger partial charge in [0.25, 0.3) is 0 Å². The van der Waals surface area contributed by atoms with E-state index in [0.717, 1.165) is 13.8 Å². The number of hydrogen-bond donors (Lipinski definition) is 0. The van der Waals surface area contributed by atoms with Gasteiger partial charge in [-0.05, 0) is 13.8 Å². The Balaban J connectivity index is 0.000000563. The third kappa shape index (κ3) is 14.3. The maximum absolute atomic E-state index is 8.89. The predicted molar refractivity (Wildman–Crippen MR) is 155 cm³/mol. The second kappa shape index (κ2) is 20.3. The second-order valence-corrected chi connectivity index (χ2v) is 18.2. The zero-order valence-corrected chi connectivity index (χ0v) is 25.4. The van der Waals surface area contributed by atoms with Crippen LogP contribution in [0.25, 0.3) is 0 Å². The SMILES string of the molecule is CC(=O)[O-].CC(=O)[O-].CCC.c1ccc([P]([Pd+2][P](c2ccccc2)c2ccccc2)c2ccccc2)cc1. The normalized spacial score (nSPS) is 9.74. The quantitative estimate of drug-likeness (QED) is 0.236. The van der Waals surface area contributed by atoms with Crippen LogP contribution < -0.4 is 31.4 Å². The van der Waals surface area contributed by atoms with Gasteiger partial charge in [-0.15, -0.1) is 0 Å². The van der Waals surface area contributed by atoms with E-state index in [0.29, 0.717) is 17.0 Å². The fourth-order valence-corrected chi connectivity index (χ4v) is 18.7. The van der Waals surface area contributed by atoms with Crippen molar-refractivity contribution in [2.75, 3.05) is 0 Å². The number of carboxylic acid groups (broad SMARTS) is 2. The molecule has 0 spiro atoms. The van der Waals surface area contributed by atoms with Crippen LogP contribution in [0.5, 0.6) is 0 Å². The average Bonchev–Trinajstić information content (AvgIpc) is 2.91. The Bertz CT molecular complexity index is 982. The molecular formula is C31H34O4P2Pd. The van der Waals surface area contributed by atoms with E-state index in [1.807, 2.05) is 0 Å². The third-order valence-electron chi connectivity index (χ3n) is 3.99. The molecule has 0 saturated heterocycles. The van der Waals surface area contributed by atoms with Crippen LogP contribution >= 0.6 is 12.2 Å². The maximum atomic E-state index is 8.89. The first-order chi connectivity index (χ1) is 18.3. The van der Waals surface area contributed by atoms with Crippen LogP contribution in [0.2, 0.25) is 0 Å². The second-order valence-electron chi connectivity index (χ2n) is 7.60. The first-order valence-electron chi connectivity index (χ1n) is 12.1. The summed E-state index contributed by atoms with van der Waals surface area (Å²) in [5, 5.41) is 23.7. The molecule has 0 amide bonds. The van der Waals surface area contributed by atoms with Crippen LogP contribution in [0.3, 0.4) is 0 Å². The molecule has 0 saturated carbocycles. The van der Waals surface area contributed by atoms with E-state index in [2.05, 4.69) is 135 Å². The molecule has 0 radical (unpaired) electrons. The number of rotatable bonds is 6. The topological polar surface area (TPSA) is 80.3 Å². The van der Waals surface area contributed by atoms with Gasteiger partial charge in [-0.3, -0.25) is 0 Å². The summed E-state index contributed by atoms with van der Waals surface area (Å²) in [5.74, 6) is -2.17.